The molecule has 0 aliphatic heterocycles. The molecule has 0 saturated carbocycles. The summed E-state index contributed by atoms with van der Waals surface area (Å²) in [7, 11) is 1.68. The zero-order valence-electron chi connectivity index (χ0n) is 15.2. The fraction of sp³-hybridized carbons (Fsp3) is 0.250. The molecule has 0 aliphatic rings. The zero-order valence-corrected chi connectivity index (χ0v) is 15.9. The fourth-order valence-electron chi connectivity index (χ4n) is 2.74. The van der Waals surface area contributed by atoms with E-state index in [0.29, 0.717) is 34.6 Å². The molecular formula is C20H20ClN3O3. The van der Waals surface area contributed by atoms with Crippen molar-refractivity contribution in [2.75, 3.05) is 20.2 Å². The number of carbonyl (C=O) groups is 1. The number of para-hydroxylation sites is 1. The predicted molar refractivity (Wildman–Crippen MR) is 106 cm³/mol. The van der Waals surface area contributed by atoms with Crippen LogP contribution >= 0.6 is 11.6 Å². The molecule has 0 saturated heterocycles. The number of ether oxygens (including phenoxy) is 1. The maximum Gasteiger partial charge on any atom is 0.274 e. The van der Waals surface area contributed by atoms with E-state index >= 15 is 0 Å². The van der Waals surface area contributed by atoms with Crippen LogP contribution in [0.25, 0.3) is 10.8 Å². The minimum atomic E-state index is -0.267. The Morgan fingerprint density at radius 2 is 1.81 bits per heavy atom. The second-order valence-corrected chi connectivity index (χ2v) is 6.43. The molecule has 3 rings (SSSR count). The lowest BCUT2D eigenvalue weighted by Gasteiger charge is -2.18. The first-order valence-corrected chi connectivity index (χ1v) is 9.03. The molecule has 1 heterocycles. The third-order valence-electron chi connectivity index (χ3n) is 4.24. The van der Waals surface area contributed by atoms with Gasteiger partial charge in [-0.1, -0.05) is 41.9 Å². The summed E-state index contributed by atoms with van der Waals surface area (Å²) < 4.78 is 6.95. The summed E-state index contributed by atoms with van der Waals surface area (Å²) in [5.41, 5.74) is 0.0571. The molecule has 0 N–H and O–H groups in total. The van der Waals surface area contributed by atoms with Gasteiger partial charge in [0.2, 0.25) is 0 Å². The summed E-state index contributed by atoms with van der Waals surface area (Å²) in [4.78, 5) is 26.8. The van der Waals surface area contributed by atoms with Crippen LogP contribution in [0.15, 0.2) is 53.3 Å². The molecular weight excluding hydrogens is 366 g/mol. The summed E-state index contributed by atoms with van der Waals surface area (Å²) in [5, 5.41) is 5.83. The van der Waals surface area contributed by atoms with Gasteiger partial charge in [0.15, 0.2) is 5.69 Å². The highest BCUT2D eigenvalue weighted by molar-refractivity contribution is 6.32. The van der Waals surface area contributed by atoms with Gasteiger partial charge in [-0.05, 0) is 25.1 Å². The van der Waals surface area contributed by atoms with Crippen LogP contribution in [0, 0.1) is 0 Å². The number of nitrogens with zero attached hydrogens (tertiary/aromatic N) is 3. The summed E-state index contributed by atoms with van der Waals surface area (Å²) in [5.74, 6) is 0.305. The lowest BCUT2D eigenvalue weighted by Crippen LogP contribution is -2.34. The average molecular weight is 386 g/mol. The largest absolute Gasteiger partial charge is 0.490 e. The Balaban J connectivity index is 1.80. The number of fused-ring (bicyclic) bond motifs is 1. The quantitative estimate of drug-likeness (QED) is 0.653. The van der Waals surface area contributed by atoms with Crippen LogP contribution in [-0.2, 0) is 6.54 Å². The summed E-state index contributed by atoms with van der Waals surface area (Å²) in [6.07, 6.45) is 0. The van der Waals surface area contributed by atoms with Crippen LogP contribution in [0.2, 0.25) is 5.02 Å². The number of benzene rings is 2. The van der Waals surface area contributed by atoms with Crippen molar-refractivity contribution in [3.05, 3.63) is 69.6 Å². The van der Waals surface area contributed by atoms with E-state index in [-0.39, 0.29) is 23.8 Å². The van der Waals surface area contributed by atoms with Crippen molar-refractivity contribution in [2.45, 2.75) is 13.5 Å². The van der Waals surface area contributed by atoms with E-state index in [1.165, 1.54) is 9.58 Å². The van der Waals surface area contributed by atoms with Crippen LogP contribution in [0.1, 0.15) is 17.4 Å². The van der Waals surface area contributed by atoms with Gasteiger partial charge in [-0.3, -0.25) is 9.59 Å². The number of carbonyl (C=O) groups excluding carboxylic acids is 1. The number of amides is 1. The topological polar surface area (TPSA) is 64.4 Å². The number of hydrogen-bond acceptors (Lipinski definition) is 4. The fourth-order valence-corrected chi connectivity index (χ4v) is 2.93. The molecule has 0 spiro atoms. The zero-order chi connectivity index (χ0) is 19.4. The Bertz CT molecular complexity index is 1030. The molecule has 0 atom stereocenters. The first-order chi connectivity index (χ1) is 13.0. The standard InChI is InChI=1S/C20H20ClN3O3/c1-3-24-19(25)15-9-5-4-8-14(15)18(22-24)20(26)23(2)12-13-27-17-11-7-6-10-16(17)21/h4-11H,3,12-13H2,1-2H3. The highest BCUT2D eigenvalue weighted by Crippen LogP contribution is 2.23. The summed E-state index contributed by atoms with van der Waals surface area (Å²) in [6.45, 7) is 2.85. The smallest absolute Gasteiger partial charge is 0.274 e. The minimum Gasteiger partial charge on any atom is -0.490 e. The molecule has 3 aromatic rings. The lowest BCUT2D eigenvalue weighted by atomic mass is 10.1. The van der Waals surface area contributed by atoms with Crippen LogP contribution in [-0.4, -0.2) is 40.8 Å². The second-order valence-electron chi connectivity index (χ2n) is 6.02. The van der Waals surface area contributed by atoms with E-state index in [0.717, 1.165) is 0 Å². The molecule has 0 fully saturated rings. The molecule has 0 aliphatic carbocycles. The Hall–Kier alpha value is -2.86. The van der Waals surface area contributed by atoms with Gasteiger partial charge < -0.3 is 9.64 Å². The molecule has 2 aromatic carbocycles. The normalized spacial score (nSPS) is 10.8. The van der Waals surface area contributed by atoms with Crippen molar-refractivity contribution in [3.8, 4) is 5.75 Å². The van der Waals surface area contributed by atoms with Crippen LogP contribution in [0.5, 0.6) is 5.75 Å². The lowest BCUT2D eigenvalue weighted by molar-refractivity contribution is 0.0767. The number of hydrogen-bond donors (Lipinski definition) is 0. The van der Waals surface area contributed by atoms with Crippen molar-refractivity contribution in [2.24, 2.45) is 0 Å². The van der Waals surface area contributed by atoms with Crippen molar-refractivity contribution in [1.82, 2.24) is 14.7 Å². The van der Waals surface area contributed by atoms with Gasteiger partial charge in [-0.15, -0.1) is 0 Å². The molecule has 27 heavy (non-hydrogen) atoms. The molecule has 0 bridgehead atoms. The highest BCUT2D eigenvalue weighted by atomic mass is 35.5. The number of aryl methyl sites for hydroxylation is 1. The highest BCUT2D eigenvalue weighted by Gasteiger charge is 2.19. The van der Waals surface area contributed by atoms with Gasteiger partial charge in [0.1, 0.15) is 12.4 Å². The maximum absolute atomic E-state index is 12.9. The van der Waals surface area contributed by atoms with Gasteiger partial charge in [0.05, 0.1) is 17.0 Å². The Morgan fingerprint density at radius 3 is 2.52 bits per heavy atom. The van der Waals surface area contributed by atoms with Crippen molar-refractivity contribution in [3.63, 3.8) is 0 Å². The van der Waals surface area contributed by atoms with Gasteiger partial charge in [-0.25, -0.2) is 4.68 Å². The third kappa shape index (κ3) is 3.95. The monoisotopic (exact) mass is 385 g/mol. The van der Waals surface area contributed by atoms with E-state index < -0.39 is 0 Å². The van der Waals surface area contributed by atoms with Gasteiger partial charge in [0.25, 0.3) is 11.5 Å². The van der Waals surface area contributed by atoms with Crippen LogP contribution < -0.4 is 10.3 Å². The van der Waals surface area contributed by atoms with E-state index in [9.17, 15) is 9.59 Å². The van der Waals surface area contributed by atoms with E-state index in [2.05, 4.69) is 5.10 Å². The van der Waals surface area contributed by atoms with Crippen molar-refractivity contribution in [1.29, 1.82) is 0 Å². The number of rotatable bonds is 6. The molecule has 6 nitrogen and oxygen atoms in total. The molecule has 140 valence electrons. The molecule has 1 aromatic heterocycles. The van der Waals surface area contributed by atoms with Crippen LogP contribution in [0.4, 0.5) is 0 Å². The molecule has 0 unspecified atom stereocenters. The maximum atomic E-state index is 12.9. The Morgan fingerprint density at radius 1 is 1.15 bits per heavy atom. The average Bonchev–Trinajstić information content (AvgIpc) is 2.69. The summed E-state index contributed by atoms with van der Waals surface area (Å²) >= 11 is 6.06. The van der Waals surface area contributed by atoms with Crippen molar-refractivity contribution >= 4 is 28.3 Å². The minimum absolute atomic E-state index is 0.200. The van der Waals surface area contributed by atoms with Gasteiger partial charge in [0, 0.05) is 19.0 Å². The molecule has 7 heteroatoms. The Labute approximate surface area is 161 Å². The van der Waals surface area contributed by atoms with Crippen LogP contribution in [0.3, 0.4) is 0 Å². The second kappa shape index (κ2) is 8.22. The third-order valence-corrected chi connectivity index (χ3v) is 4.55. The van der Waals surface area contributed by atoms with E-state index in [1.807, 2.05) is 19.1 Å². The number of aromatic nitrogens is 2. The first-order valence-electron chi connectivity index (χ1n) is 8.65. The molecule has 0 radical (unpaired) electrons. The van der Waals surface area contributed by atoms with Gasteiger partial charge >= 0.3 is 0 Å². The molecule has 1 amide bonds. The van der Waals surface area contributed by atoms with E-state index in [1.54, 1.807) is 43.4 Å². The predicted octanol–water partition coefficient (Wildman–Crippen LogP) is 3.22. The number of halogens is 1. The van der Waals surface area contributed by atoms with Crippen molar-refractivity contribution < 1.29 is 9.53 Å². The van der Waals surface area contributed by atoms with E-state index in [4.69, 9.17) is 16.3 Å². The summed E-state index contributed by atoms with van der Waals surface area (Å²) in [6, 6.07) is 14.2. The number of likely N-dealkylation sites (N-methyl/N-ethyl adjacent to an activating group) is 1. The SMILES string of the molecule is CCn1nc(C(=O)N(C)CCOc2ccccc2Cl)c2ccccc2c1=O. The first kappa shape index (κ1) is 18.9. The van der Waals surface area contributed by atoms with Gasteiger partial charge in [-0.2, -0.15) is 5.10 Å². The Kier molecular flexibility index (Phi) is 5.76.